The molecule has 30 heavy (non-hydrogen) atoms. The van der Waals surface area contributed by atoms with Gasteiger partial charge in [-0.1, -0.05) is 65.3 Å². The molecule has 2 nitrogen and oxygen atoms in total. The number of hydrogen-bond donors (Lipinski definition) is 1. The van der Waals surface area contributed by atoms with E-state index in [1.165, 1.54) is 25.7 Å². The molecule has 0 unspecified atom stereocenters. The van der Waals surface area contributed by atoms with E-state index < -0.39 is 0 Å². The molecule has 1 spiro atoms. The maximum atomic E-state index is 10.4. The van der Waals surface area contributed by atoms with Crippen LogP contribution >= 0.6 is 0 Å². The lowest BCUT2D eigenvalue weighted by atomic mass is 9.47. The number of ether oxygens (including phenoxy) is 1. The Bertz CT molecular complexity index is 752. The van der Waals surface area contributed by atoms with Crippen molar-refractivity contribution in [2.45, 2.75) is 104 Å². The average molecular weight is 413 g/mol. The van der Waals surface area contributed by atoms with Crippen LogP contribution in [0.3, 0.4) is 0 Å². The Morgan fingerprint density at radius 3 is 2.50 bits per heavy atom. The molecule has 0 aromatic carbocycles. The Hall–Kier alpha value is -0.600. The summed E-state index contributed by atoms with van der Waals surface area (Å²) in [7, 11) is 0. The Kier molecular flexibility index (Phi) is 4.92. The number of rotatable bonds is 4. The zero-order valence-electron chi connectivity index (χ0n) is 20.2. The maximum absolute atomic E-state index is 10.4. The molecule has 0 aromatic rings. The molecule has 1 saturated heterocycles. The van der Waals surface area contributed by atoms with Gasteiger partial charge in [-0.2, -0.15) is 0 Å². The quantitative estimate of drug-likeness (QED) is 0.420. The number of hydrogen-bond acceptors (Lipinski definition) is 2. The van der Waals surface area contributed by atoms with Crippen LogP contribution in [0.4, 0.5) is 0 Å². The lowest BCUT2D eigenvalue weighted by Gasteiger charge is -2.56. The molecular weight excluding hydrogens is 368 g/mol. The molecule has 0 amide bonds. The number of aliphatic hydroxyl groups is 1. The van der Waals surface area contributed by atoms with Crippen LogP contribution in [0.25, 0.3) is 0 Å². The molecule has 1 N–H and O–H groups in total. The van der Waals surface area contributed by atoms with E-state index in [9.17, 15) is 5.11 Å². The fourth-order valence-electron chi connectivity index (χ4n) is 8.52. The van der Waals surface area contributed by atoms with E-state index in [0.717, 1.165) is 37.0 Å². The largest absolute Gasteiger partial charge is 0.393 e. The standard InChI is InChI=1S/C28H44O2/c1-17(2)18(3)7-8-19(4)22-9-10-23-21-15-25-28(30-25)16-20(29)11-14-27(28,6)24(21)12-13-26(22,23)5/h7-8,15,17-20,22-25,29H,9-14,16H2,1-6H3/t18-,19+,20-,22+,23-,24-,25-,26+,27+,28-/m0/s1. The molecule has 4 fully saturated rings. The van der Waals surface area contributed by atoms with Gasteiger partial charge in [0.05, 0.1) is 6.10 Å². The van der Waals surface area contributed by atoms with Crippen LogP contribution in [-0.4, -0.2) is 22.9 Å². The van der Waals surface area contributed by atoms with Crippen LogP contribution in [0.1, 0.15) is 86.5 Å². The molecule has 0 bridgehead atoms. The zero-order valence-corrected chi connectivity index (χ0v) is 20.2. The monoisotopic (exact) mass is 412 g/mol. The molecule has 3 saturated carbocycles. The average Bonchev–Trinajstić information content (AvgIpc) is 3.27. The first-order valence-corrected chi connectivity index (χ1v) is 12.9. The highest BCUT2D eigenvalue weighted by molar-refractivity contribution is 5.38. The zero-order chi connectivity index (χ0) is 21.5. The van der Waals surface area contributed by atoms with Gasteiger partial charge in [0, 0.05) is 11.8 Å². The van der Waals surface area contributed by atoms with Crippen molar-refractivity contribution in [3.8, 4) is 0 Å². The van der Waals surface area contributed by atoms with Crippen LogP contribution in [0.2, 0.25) is 0 Å². The second-order valence-corrected chi connectivity index (χ2v) is 12.6. The third-order valence-corrected chi connectivity index (χ3v) is 10.9. The Balaban J connectivity index is 1.40. The molecule has 0 radical (unpaired) electrons. The first-order valence-electron chi connectivity index (χ1n) is 12.9. The second-order valence-electron chi connectivity index (χ2n) is 12.6. The van der Waals surface area contributed by atoms with Crippen LogP contribution in [0.5, 0.6) is 0 Å². The molecule has 4 aliphatic carbocycles. The van der Waals surface area contributed by atoms with Crippen molar-refractivity contribution in [2.75, 3.05) is 0 Å². The predicted octanol–water partition coefficient (Wildman–Crippen LogP) is 6.54. The molecule has 5 aliphatic rings. The van der Waals surface area contributed by atoms with Crippen LogP contribution in [0.15, 0.2) is 23.8 Å². The van der Waals surface area contributed by atoms with E-state index in [-0.39, 0.29) is 23.2 Å². The van der Waals surface area contributed by atoms with Gasteiger partial charge in [-0.3, -0.25) is 0 Å². The van der Waals surface area contributed by atoms with Crippen molar-refractivity contribution < 1.29 is 9.84 Å². The minimum Gasteiger partial charge on any atom is -0.393 e. The van der Waals surface area contributed by atoms with Crippen LogP contribution in [0, 0.1) is 46.3 Å². The Labute approximate surface area is 184 Å². The van der Waals surface area contributed by atoms with Crippen LogP contribution < -0.4 is 0 Å². The van der Waals surface area contributed by atoms with Crippen molar-refractivity contribution in [1.82, 2.24) is 0 Å². The van der Waals surface area contributed by atoms with Gasteiger partial charge in [0.1, 0.15) is 11.7 Å². The normalized spacial score (nSPS) is 51.6. The molecule has 1 heterocycles. The fourth-order valence-corrected chi connectivity index (χ4v) is 8.52. The van der Waals surface area contributed by atoms with Crippen molar-refractivity contribution in [3.63, 3.8) is 0 Å². The molecule has 10 atom stereocenters. The van der Waals surface area contributed by atoms with Crippen molar-refractivity contribution in [3.05, 3.63) is 23.8 Å². The second kappa shape index (κ2) is 6.95. The molecular formula is C28H44O2. The van der Waals surface area contributed by atoms with Gasteiger partial charge in [0.2, 0.25) is 0 Å². The minimum absolute atomic E-state index is 0.0480. The smallest absolute Gasteiger partial charge is 0.107 e. The SMILES string of the molecule is CC(C)[C@@H](C)C=C[C@@H](C)[C@H]1CC[C@H]2C3=C[C@@H]4O[C@@]45C[C@@H](O)CC[C@]5(C)[C@H]3CC[C@]12C. The van der Waals surface area contributed by atoms with Crippen molar-refractivity contribution in [1.29, 1.82) is 0 Å². The van der Waals surface area contributed by atoms with Gasteiger partial charge in [0.25, 0.3) is 0 Å². The first-order chi connectivity index (χ1) is 14.1. The number of allylic oxidation sites excluding steroid dienone is 3. The highest BCUT2D eigenvalue weighted by Crippen LogP contribution is 2.72. The summed E-state index contributed by atoms with van der Waals surface area (Å²) < 4.78 is 6.43. The Morgan fingerprint density at radius 1 is 1.00 bits per heavy atom. The van der Waals surface area contributed by atoms with E-state index in [0.29, 0.717) is 23.2 Å². The molecule has 1 aliphatic heterocycles. The van der Waals surface area contributed by atoms with E-state index in [2.05, 4.69) is 59.8 Å². The van der Waals surface area contributed by atoms with Gasteiger partial charge in [-0.05, 0) is 79.4 Å². The summed E-state index contributed by atoms with van der Waals surface area (Å²) >= 11 is 0. The summed E-state index contributed by atoms with van der Waals surface area (Å²) in [6, 6.07) is 0. The van der Waals surface area contributed by atoms with Gasteiger partial charge < -0.3 is 9.84 Å². The van der Waals surface area contributed by atoms with Gasteiger partial charge in [-0.25, -0.2) is 0 Å². The predicted molar refractivity (Wildman–Crippen MR) is 123 cm³/mol. The number of aliphatic hydroxyl groups excluding tert-OH is 1. The van der Waals surface area contributed by atoms with E-state index in [1.807, 2.05) is 0 Å². The topological polar surface area (TPSA) is 32.8 Å². The van der Waals surface area contributed by atoms with Crippen LogP contribution in [-0.2, 0) is 4.74 Å². The summed E-state index contributed by atoms with van der Waals surface area (Å²) in [6.07, 6.45) is 16.0. The van der Waals surface area contributed by atoms with Gasteiger partial charge in [-0.15, -0.1) is 0 Å². The summed E-state index contributed by atoms with van der Waals surface area (Å²) in [4.78, 5) is 0. The third kappa shape index (κ3) is 2.81. The molecule has 168 valence electrons. The number of epoxide rings is 1. The molecule has 5 rings (SSSR count). The first kappa shape index (κ1) is 21.3. The van der Waals surface area contributed by atoms with E-state index >= 15 is 0 Å². The third-order valence-electron chi connectivity index (χ3n) is 10.9. The van der Waals surface area contributed by atoms with Gasteiger partial charge in [0.15, 0.2) is 0 Å². The number of fused-ring (bicyclic) bond motifs is 4. The maximum Gasteiger partial charge on any atom is 0.107 e. The van der Waals surface area contributed by atoms with E-state index in [1.54, 1.807) is 5.57 Å². The van der Waals surface area contributed by atoms with Crippen molar-refractivity contribution >= 4 is 0 Å². The molecule has 2 heteroatoms. The Morgan fingerprint density at radius 2 is 1.77 bits per heavy atom. The summed E-state index contributed by atoms with van der Waals surface area (Å²) in [5.41, 5.74) is 2.38. The summed E-state index contributed by atoms with van der Waals surface area (Å²) in [5.74, 6) is 4.26. The minimum atomic E-state index is -0.163. The summed E-state index contributed by atoms with van der Waals surface area (Å²) in [6.45, 7) is 14.6. The fraction of sp³-hybridized carbons (Fsp3) is 0.857. The van der Waals surface area contributed by atoms with Gasteiger partial charge >= 0.3 is 0 Å². The highest BCUT2D eigenvalue weighted by Gasteiger charge is 2.73. The highest BCUT2D eigenvalue weighted by atomic mass is 16.6. The van der Waals surface area contributed by atoms with Crippen molar-refractivity contribution in [2.24, 2.45) is 46.3 Å². The lowest BCUT2D eigenvalue weighted by Crippen LogP contribution is -2.55. The summed E-state index contributed by atoms with van der Waals surface area (Å²) in [5, 5.41) is 10.4. The molecule has 0 aromatic heterocycles. The van der Waals surface area contributed by atoms with E-state index in [4.69, 9.17) is 4.74 Å². The lowest BCUT2D eigenvalue weighted by molar-refractivity contribution is -0.0527.